The standard InChI is InChI=1S/C8H14N4O3S/c1-2-16(14,15)4-3-10-8(13)7-6(9)5-11-12-7/h5H,2-4,9H2,1H3,(H,10,13)(H,11,12). The molecule has 8 heteroatoms. The highest BCUT2D eigenvalue weighted by Crippen LogP contribution is 2.04. The minimum Gasteiger partial charge on any atom is -0.396 e. The van der Waals surface area contributed by atoms with Gasteiger partial charge in [-0.15, -0.1) is 0 Å². The van der Waals surface area contributed by atoms with Gasteiger partial charge in [0.15, 0.2) is 9.84 Å². The van der Waals surface area contributed by atoms with E-state index in [0.717, 1.165) is 0 Å². The minimum absolute atomic E-state index is 0.0630. The summed E-state index contributed by atoms with van der Waals surface area (Å²) in [7, 11) is -3.07. The normalized spacial score (nSPS) is 11.3. The van der Waals surface area contributed by atoms with E-state index in [1.165, 1.54) is 6.20 Å². The van der Waals surface area contributed by atoms with Crippen LogP contribution in [0.1, 0.15) is 17.4 Å². The third-order valence-electron chi connectivity index (χ3n) is 2.03. The van der Waals surface area contributed by atoms with E-state index in [1.54, 1.807) is 6.92 Å². The average molecular weight is 246 g/mol. The van der Waals surface area contributed by atoms with Crippen LogP contribution in [-0.4, -0.2) is 42.6 Å². The Labute approximate surface area is 93.3 Å². The highest BCUT2D eigenvalue weighted by Gasteiger charge is 2.12. The quantitative estimate of drug-likeness (QED) is 0.626. The highest BCUT2D eigenvalue weighted by atomic mass is 32.2. The van der Waals surface area contributed by atoms with E-state index < -0.39 is 15.7 Å². The van der Waals surface area contributed by atoms with Gasteiger partial charge in [-0.3, -0.25) is 9.89 Å². The van der Waals surface area contributed by atoms with Crippen molar-refractivity contribution < 1.29 is 13.2 Å². The number of anilines is 1. The van der Waals surface area contributed by atoms with Crippen LogP contribution in [-0.2, 0) is 9.84 Å². The van der Waals surface area contributed by atoms with E-state index in [9.17, 15) is 13.2 Å². The Bertz CT molecular complexity index is 465. The second kappa shape index (κ2) is 4.97. The summed E-state index contributed by atoms with van der Waals surface area (Å²) in [5.41, 5.74) is 5.83. The van der Waals surface area contributed by atoms with Crippen LogP contribution in [0.5, 0.6) is 0 Å². The molecule has 7 nitrogen and oxygen atoms in total. The predicted octanol–water partition coefficient (Wildman–Crippen LogP) is -0.844. The van der Waals surface area contributed by atoms with Gasteiger partial charge in [0.25, 0.3) is 5.91 Å². The number of nitrogens with zero attached hydrogens (tertiary/aromatic N) is 1. The van der Waals surface area contributed by atoms with Gasteiger partial charge < -0.3 is 11.1 Å². The maximum atomic E-state index is 11.4. The van der Waals surface area contributed by atoms with Gasteiger partial charge in [0, 0.05) is 12.3 Å². The molecular formula is C8H14N4O3S. The molecule has 0 spiro atoms. The molecule has 4 N–H and O–H groups in total. The first kappa shape index (κ1) is 12.5. The molecule has 1 heterocycles. The molecule has 16 heavy (non-hydrogen) atoms. The van der Waals surface area contributed by atoms with Crippen LogP contribution in [0.25, 0.3) is 0 Å². The summed E-state index contributed by atoms with van der Waals surface area (Å²) in [4.78, 5) is 11.4. The van der Waals surface area contributed by atoms with Gasteiger partial charge in [0.1, 0.15) is 5.69 Å². The zero-order chi connectivity index (χ0) is 12.2. The van der Waals surface area contributed by atoms with Crippen molar-refractivity contribution in [1.29, 1.82) is 0 Å². The summed E-state index contributed by atoms with van der Waals surface area (Å²) in [5.74, 6) is -0.473. The fourth-order valence-corrected chi connectivity index (χ4v) is 1.73. The molecule has 0 unspecified atom stereocenters. The molecule has 0 aromatic carbocycles. The predicted molar refractivity (Wildman–Crippen MR) is 59.7 cm³/mol. The van der Waals surface area contributed by atoms with E-state index in [0.29, 0.717) is 0 Å². The SMILES string of the molecule is CCS(=O)(=O)CCNC(=O)c1[nH]ncc1N. The maximum Gasteiger partial charge on any atom is 0.271 e. The smallest absolute Gasteiger partial charge is 0.271 e. The molecule has 0 aliphatic rings. The minimum atomic E-state index is -3.07. The molecule has 1 amide bonds. The van der Waals surface area contributed by atoms with Gasteiger partial charge in [-0.05, 0) is 0 Å². The number of rotatable bonds is 5. The lowest BCUT2D eigenvalue weighted by Gasteiger charge is -2.04. The number of hydrogen-bond acceptors (Lipinski definition) is 5. The Kier molecular flexibility index (Phi) is 3.88. The van der Waals surface area contributed by atoms with Gasteiger partial charge in [0.05, 0.1) is 17.6 Å². The number of aromatic amines is 1. The van der Waals surface area contributed by atoms with Crippen molar-refractivity contribution in [3.63, 3.8) is 0 Å². The number of nitrogens with two attached hydrogens (primary N) is 1. The van der Waals surface area contributed by atoms with Gasteiger partial charge >= 0.3 is 0 Å². The summed E-state index contributed by atoms with van der Waals surface area (Å²) in [6.07, 6.45) is 1.32. The molecule has 0 bridgehead atoms. The van der Waals surface area contributed by atoms with Crippen LogP contribution in [0.2, 0.25) is 0 Å². The van der Waals surface area contributed by atoms with Gasteiger partial charge in [-0.2, -0.15) is 5.10 Å². The number of amides is 1. The number of hydrogen-bond donors (Lipinski definition) is 3. The van der Waals surface area contributed by atoms with E-state index >= 15 is 0 Å². The first-order valence-corrected chi connectivity index (χ1v) is 6.56. The molecule has 0 radical (unpaired) electrons. The number of nitrogens with one attached hydrogen (secondary N) is 2. The summed E-state index contributed by atoms with van der Waals surface area (Å²) in [5, 5.41) is 8.46. The Hall–Kier alpha value is -1.57. The van der Waals surface area contributed by atoms with Crippen LogP contribution >= 0.6 is 0 Å². The number of sulfone groups is 1. The van der Waals surface area contributed by atoms with Crippen LogP contribution in [0.15, 0.2) is 6.20 Å². The zero-order valence-corrected chi connectivity index (χ0v) is 9.67. The van der Waals surface area contributed by atoms with Gasteiger partial charge in [-0.25, -0.2) is 8.42 Å². The molecule has 0 saturated carbocycles. The van der Waals surface area contributed by atoms with Crippen molar-refractivity contribution in [3.05, 3.63) is 11.9 Å². The molecular weight excluding hydrogens is 232 g/mol. The molecule has 0 aliphatic carbocycles. The third-order valence-corrected chi connectivity index (χ3v) is 3.74. The summed E-state index contributed by atoms with van der Waals surface area (Å²) in [6.45, 7) is 1.62. The van der Waals surface area contributed by atoms with Gasteiger partial charge in [-0.1, -0.05) is 6.92 Å². The fourth-order valence-electron chi connectivity index (χ4n) is 1.03. The lowest BCUT2D eigenvalue weighted by atomic mass is 10.3. The van der Waals surface area contributed by atoms with E-state index in [4.69, 9.17) is 5.73 Å². The maximum absolute atomic E-state index is 11.4. The van der Waals surface area contributed by atoms with Crippen molar-refractivity contribution in [3.8, 4) is 0 Å². The van der Waals surface area contributed by atoms with Crippen molar-refractivity contribution >= 4 is 21.4 Å². The number of aromatic nitrogens is 2. The molecule has 0 aliphatic heterocycles. The first-order chi connectivity index (χ1) is 7.46. The summed E-state index contributed by atoms with van der Waals surface area (Å²) in [6, 6.07) is 0. The molecule has 0 saturated heterocycles. The van der Waals surface area contributed by atoms with Gasteiger partial charge in [0.2, 0.25) is 0 Å². The van der Waals surface area contributed by atoms with E-state index in [1.807, 2.05) is 0 Å². The number of carbonyl (C=O) groups excluding carboxylic acids is 1. The van der Waals surface area contributed by atoms with Crippen LogP contribution in [0.4, 0.5) is 5.69 Å². The fraction of sp³-hybridized carbons (Fsp3) is 0.500. The lowest BCUT2D eigenvalue weighted by Crippen LogP contribution is -2.30. The Morgan fingerprint density at radius 3 is 2.81 bits per heavy atom. The van der Waals surface area contributed by atoms with Crippen molar-refractivity contribution in [1.82, 2.24) is 15.5 Å². The van der Waals surface area contributed by atoms with E-state index in [-0.39, 0.29) is 29.4 Å². The van der Waals surface area contributed by atoms with Crippen molar-refractivity contribution in [2.75, 3.05) is 23.8 Å². The lowest BCUT2D eigenvalue weighted by molar-refractivity contribution is 0.0952. The third kappa shape index (κ3) is 3.23. The highest BCUT2D eigenvalue weighted by molar-refractivity contribution is 7.91. The first-order valence-electron chi connectivity index (χ1n) is 4.73. The topological polar surface area (TPSA) is 118 Å². The monoisotopic (exact) mass is 246 g/mol. The van der Waals surface area contributed by atoms with Crippen molar-refractivity contribution in [2.45, 2.75) is 6.92 Å². The van der Waals surface area contributed by atoms with Crippen LogP contribution in [0.3, 0.4) is 0 Å². The second-order valence-corrected chi connectivity index (χ2v) is 5.67. The molecule has 1 aromatic heterocycles. The second-order valence-electron chi connectivity index (χ2n) is 3.19. The molecule has 0 fully saturated rings. The van der Waals surface area contributed by atoms with Crippen molar-refractivity contribution in [2.24, 2.45) is 0 Å². The molecule has 1 aromatic rings. The largest absolute Gasteiger partial charge is 0.396 e. The summed E-state index contributed by atoms with van der Waals surface area (Å²) >= 11 is 0. The Balaban J connectivity index is 2.46. The zero-order valence-electron chi connectivity index (χ0n) is 8.86. The van der Waals surface area contributed by atoms with E-state index in [2.05, 4.69) is 15.5 Å². The number of carbonyl (C=O) groups is 1. The van der Waals surface area contributed by atoms with Crippen LogP contribution < -0.4 is 11.1 Å². The number of H-pyrrole nitrogens is 1. The Morgan fingerprint density at radius 2 is 2.31 bits per heavy atom. The Morgan fingerprint density at radius 1 is 1.62 bits per heavy atom. The molecule has 1 rings (SSSR count). The average Bonchev–Trinajstić information content (AvgIpc) is 2.64. The molecule has 90 valence electrons. The molecule has 0 atom stereocenters. The van der Waals surface area contributed by atoms with Crippen LogP contribution in [0, 0.1) is 0 Å². The number of nitrogen functional groups attached to an aromatic ring is 1. The summed E-state index contributed by atoms with van der Waals surface area (Å²) < 4.78 is 22.3.